The Morgan fingerprint density at radius 3 is 1.67 bits per heavy atom. The van der Waals surface area contributed by atoms with Gasteiger partial charge in [-0.2, -0.15) is 0 Å². The van der Waals surface area contributed by atoms with Crippen LogP contribution in [0.4, 0.5) is 0 Å². The molecule has 0 fully saturated rings. The van der Waals surface area contributed by atoms with Gasteiger partial charge in [0.05, 0.1) is 0 Å². The largest absolute Gasteiger partial charge is 0.241 e. The molecule has 0 radical (unpaired) electrons. The SMILES string of the molecule is Cc1ncc(-c2ccccc2)c(-c2nc(/C=C/c3ccccc3)ncc2-c2ccccc2)n1. The van der Waals surface area contributed by atoms with Gasteiger partial charge in [0.15, 0.2) is 5.82 Å². The van der Waals surface area contributed by atoms with Crippen molar-refractivity contribution in [3.05, 3.63) is 121 Å². The molecule has 0 unspecified atom stereocenters. The molecule has 0 aliphatic carbocycles. The summed E-state index contributed by atoms with van der Waals surface area (Å²) in [7, 11) is 0. The van der Waals surface area contributed by atoms with E-state index in [2.05, 4.69) is 46.4 Å². The highest BCUT2D eigenvalue weighted by Gasteiger charge is 2.17. The van der Waals surface area contributed by atoms with E-state index in [4.69, 9.17) is 9.97 Å². The predicted molar refractivity (Wildman–Crippen MR) is 134 cm³/mol. The van der Waals surface area contributed by atoms with E-state index < -0.39 is 0 Å². The molecule has 0 atom stereocenters. The maximum absolute atomic E-state index is 4.97. The molecular formula is C29H22N4. The zero-order valence-electron chi connectivity index (χ0n) is 18.3. The van der Waals surface area contributed by atoms with Crippen LogP contribution in [0.25, 0.3) is 45.8 Å². The Morgan fingerprint density at radius 2 is 1.06 bits per heavy atom. The number of hydrogen-bond donors (Lipinski definition) is 0. The highest BCUT2D eigenvalue weighted by Crippen LogP contribution is 2.35. The fourth-order valence-electron chi connectivity index (χ4n) is 3.70. The van der Waals surface area contributed by atoms with Crippen LogP contribution in [0, 0.1) is 6.92 Å². The Balaban J connectivity index is 1.70. The summed E-state index contributed by atoms with van der Waals surface area (Å²) < 4.78 is 0. The number of aryl methyl sites for hydroxylation is 1. The Kier molecular flexibility index (Phi) is 5.81. The molecular weight excluding hydrogens is 404 g/mol. The molecule has 0 bridgehead atoms. The van der Waals surface area contributed by atoms with E-state index in [0.29, 0.717) is 11.6 Å². The van der Waals surface area contributed by atoms with Crippen LogP contribution in [-0.4, -0.2) is 19.9 Å². The zero-order chi connectivity index (χ0) is 22.5. The second-order valence-electron chi connectivity index (χ2n) is 7.65. The van der Waals surface area contributed by atoms with Crippen molar-refractivity contribution < 1.29 is 0 Å². The number of benzene rings is 3. The zero-order valence-corrected chi connectivity index (χ0v) is 18.3. The average molecular weight is 427 g/mol. The molecule has 3 aromatic carbocycles. The van der Waals surface area contributed by atoms with Crippen molar-refractivity contribution in [3.8, 4) is 33.6 Å². The van der Waals surface area contributed by atoms with E-state index in [-0.39, 0.29) is 0 Å². The van der Waals surface area contributed by atoms with Crippen LogP contribution < -0.4 is 0 Å². The molecule has 4 heteroatoms. The van der Waals surface area contributed by atoms with Crippen LogP contribution in [0.5, 0.6) is 0 Å². The Bertz CT molecular complexity index is 1400. The van der Waals surface area contributed by atoms with Crippen molar-refractivity contribution in [2.45, 2.75) is 6.92 Å². The molecule has 0 amide bonds. The molecule has 2 aromatic heterocycles. The summed E-state index contributed by atoms with van der Waals surface area (Å²) in [5.74, 6) is 1.33. The van der Waals surface area contributed by atoms with Gasteiger partial charge >= 0.3 is 0 Å². The average Bonchev–Trinajstić information content (AvgIpc) is 2.89. The van der Waals surface area contributed by atoms with Gasteiger partial charge in [0.2, 0.25) is 0 Å². The lowest BCUT2D eigenvalue weighted by molar-refractivity contribution is 1.04. The number of nitrogens with zero attached hydrogens (tertiary/aromatic N) is 4. The monoisotopic (exact) mass is 426 g/mol. The summed E-state index contributed by atoms with van der Waals surface area (Å²) in [6, 6.07) is 30.5. The first kappa shape index (κ1) is 20.5. The predicted octanol–water partition coefficient (Wildman–Crippen LogP) is 6.75. The fourth-order valence-corrected chi connectivity index (χ4v) is 3.70. The van der Waals surface area contributed by atoms with Gasteiger partial charge in [-0.3, -0.25) is 0 Å². The van der Waals surface area contributed by atoms with Gasteiger partial charge in [-0.15, -0.1) is 0 Å². The second-order valence-corrected chi connectivity index (χ2v) is 7.65. The number of rotatable bonds is 5. The molecule has 4 nitrogen and oxygen atoms in total. The third kappa shape index (κ3) is 4.60. The summed E-state index contributed by atoms with van der Waals surface area (Å²) in [6.45, 7) is 1.90. The quantitative estimate of drug-likeness (QED) is 0.312. The lowest BCUT2D eigenvalue weighted by atomic mass is 9.98. The van der Waals surface area contributed by atoms with Gasteiger partial charge in [-0.25, -0.2) is 19.9 Å². The minimum absolute atomic E-state index is 0.629. The first-order valence-corrected chi connectivity index (χ1v) is 10.8. The highest BCUT2D eigenvalue weighted by molar-refractivity contribution is 5.87. The molecule has 0 N–H and O–H groups in total. The summed E-state index contributed by atoms with van der Waals surface area (Å²) in [5, 5.41) is 0. The molecule has 33 heavy (non-hydrogen) atoms. The molecule has 0 saturated carbocycles. The topological polar surface area (TPSA) is 51.6 Å². The summed E-state index contributed by atoms with van der Waals surface area (Å²) in [4.78, 5) is 18.9. The van der Waals surface area contributed by atoms with Crippen LogP contribution >= 0.6 is 0 Å². The molecule has 5 aromatic rings. The molecule has 5 rings (SSSR count). The van der Waals surface area contributed by atoms with Gasteiger partial charge in [-0.05, 0) is 29.7 Å². The van der Waals surface area contributed by atoms with Gasteiger partial charge in [-0.1, -0.05) is 97.1 Å². The third-order valence-corrected chi connectivity index (χ3v) is 5.33. The smallest absolute Gasteiger partial charge is 0.152 e. The van der Waals surface area contributed by atoms with E-state index in [1.165, 1.54) is 0 Å². The Hall–Kier alpha value is -4.44. The first-order chi connectivity index (χ1) is 16.3. The van der Waals surface area contributed by atoms with E-state index in [9.17, 15) is 0 Å². The maximum Gasteiger partial charge on any atom is 0.152 e. The third-order valence-electron chi connectivity index (χ3n) is 5.33. The lowest BCUT2D eigenvalue weighted by Gasteiger charge is -2.13. The van der Waals surface area contributed by atoms with Gasteiger partial charge in [0, 0.05) is 23.5 Å². The van der Waals surface area contributed by atoms with E-state index in [1.807, 2.05) is 86.1 Å². The summed E-state index contributed by atoms with van der Waals surface area (Å²) >= 11 is 0. The molecule has 0 saturated heterocycles. The molecule has 0 aliphatic heterocycles. The molecule has 0 aliphatic rings. The van der Waals surface area contributed by atoms with Crippen LogP contribution in [0.15, 0.2) is 103 Å². The first-order valence-electron chi connectivity index (χ1n) is 10.8. The second kappa shape index (κ2) is 9.37. The minimum Gasteiger partial charge on any atom is -0.241 e. The van der Waals surface area contributed by atoms with Gasteiger partial charge in [0.1, 0.15) is 17.2 Å². The lowest BCUT2D eigenvalue weighted by Crippen LogP contribution is -2.01. The normalized spacial score (nSPS) is 11.1. The van der Waals surface area contributed by atoms with E-state index in [0.717, 1.165) is 39.2 Å². The number of hydrogen-bond acceptors (Lipinski definition) is 4. The minimum atomic E-state index is 0.629. The van der Waals surface area contributed by atoms with Crippen LogP contribution in [0.2, 0.25) is 0 Å². The van der Waals surface area contributed by atoms with Crippen molar-refractivity contribution in [2.75, 3.05) is 0 Å². The van der Waals surface area contributed by atoms with Crippen molar-refractivity contribution in [1.82, 2.24) is 19.9 Å². The van der Waals surface area contributed by atoms with E-state index in [1.54, 1.807) is 0 Å². The fraction of sp³-hybridized carbons (Fsp3) is 0.0345. The molecule has 2 heterocycles. The molecule has 158 valence electrons. The van der Waals surface area contributed by atoms with Crippen molar-refractivity contribution in [3.63, 3.8) is 0 Å². The Labute approximate surface area is 193 Å². The van der Waals surface area contributed by atoms with Gasteiger partial charge in [0.25, 0.3) is 0 Å². The van der Waals surface area contributed by atoms with Crippen LogP contribution in [0.1, 0.15) is 17.2 Å². The van der Waals surface area contributed by atoms with Crippen molar-refractivity contribution >= 4 is 12.2 Å². The molecule has 0 spiro atoms. The van der Waals surface area contributed by atoms with Crippen molar-refractivity contribution in [1.29, 1.82) is 0 Å². The number of aromatic nitrogens is 4. The van der Waals surface area contributed by atoms with Gasteiger partial charge < -0.3 is 0 Å². The highest BCUT2D eigenvalue weighted by atomic mass is 14.9. The van der Waals surface area contributed by atoms with Crippen molar-refractivity contribution in [2.24, 2.45) is 0 Å². The summed E-state index contributed by atoms with van der Waals surface area (Å²) in [6.07, 6.45) is 7.71. The standard InChI is InChI=1S/C29H22N4/c1-21-30-19-25(23-13-7-3-8-14-23)28(32-21)29-26(24-15-9-4-10-16-24)20-31-27(33-29)18-17-22-11-5-2-6-12-22/h2-20H,1H3/b18-17+. The summed E-state index contributed by atoms with van der Waals surface area (Å²) in [5.41, 5.74) is 6.64. The Morgan fingerprint density at radius 1 is 0.545 bits per heavy atom. The maximum atomic E-state index is 4.97. The van der Waals surface area contributed by atoms with Crippen LogP contribution in [0.3, 0.4) is 0 Å². The van der Waals surface area contributed by atoms with E-state index >= 15 is 0 Å². The van der Waals surface area contributed by atoms with Crippen LogP contribution in [-0.2, 0) is 0 Å².